The highest BCUT2D eigenvalue weighted by Crippen LogP contribution is 2.25. The fourth-order valence-electron chi connectivity index (χ4n) is 4.43. The van der Waals surface area contributed by atoms with Crippen LogP contribution in [0, 0.1) is 15.9 Å². The highest BCUT2D eigenvalue weighted by atomic mass is 19.1. The zero-order chi connectivity index (χ0) is 26.8. The first-order chi connectivity index (χ1) is 18.4. The molecule has 192 valence electrons. The van der Waals surface area contributed by atoms with E-state index in [1.165, 1.54) is 41.1 Å². The summed E-state index contributed by atoms with van der Waals surface area (Å²) in [6.45, 7) is 2.16. The minimum Gasteiger partial charge on any atom is -0.497 e. The lowest BCUT2D eigenvalue weighted by Gasteiger charge is -2.05. The number of hydrogen-bond donors (Lipinski definition) is 2. The van der Waals surface area contributed by atoms with Gasteiger partial charge in [-0.2, -0.15) is 0 Å². The van der Waals surface area contributed by atoms with Crippen molar-refractivity contribution in [2.75, 3.05) is 13.7 Å². The number of nitro groups is 1. The molecule has 5 rings (SSSR count). The van der Waals surface area contributed by atoms with Gasteiger partial charge in [-0.25, -0.2) is 9.07 Å². The average molecular weight is 514 g/mol. The average Bonchev–Trinajstić information content (AvgIpc) is 3.49. The summed E-state index contributed by atoms with van der Waals surface area (Å²) in [5.41, 5.74) is 4.06. The minimum atomic E-state index is -0.492. The lowest BCUT2D eigenvalue weighted by Crippen LogP contribution is -2.20. The van der Waals surface area contributed by atoms with Gasteiger partial charge in [0, 0.05) is 47.1 Å². The Hall–Kier alpha value is -4.99. The summed E-state index contributed by atoms with van der Waals surface area (Å²) in [7, 11) is 1.58. The molecule has 9 nitrogen and oxygen atoms in total. The Morgan fingerprint density at radius 3 is 2.53 bits per heavy atom. The molecule has 3 aromatic carbocycles. The molecule has 5 aromatic rings. The van der Waals surface area contributed by atoms with Crippen LogP contribution in [0.5, 0.6) is 5.75 Å². The molecule has 2 aromatic heterocycles. The molecule has 0 aliphatic rings. The predicted octanol–water partition coefficient (Wildman–Crippen LogP) is 5.42. The first kappa shape index (κ1) is 24.7. The summed E-state index contributed by atoms with van der Waals surface area (Å²) >= 11 is 0. The zero-order valence-electron chi connectivity index (χ0n) is 20.7. The van der Waals surface area contributed by atoms with E-state index in [0.29, 0.717) is 41.4 Å². The molecule has 10 heteroatoms. The summed E-state index contributed by atoms with van der Waals surface area (Å²) in [6, 6.07) is 17.6. The Balaban J connectivity index is 1.52. The van der Waals surface area contributed by atoms with Crippen LogP contribution in [-0.4, -0.2) is 39.1 Å². The molecule has 0 radical (unpaired) electrons. The quantitative estimate of drug-likeness (QED) is 0.164. The van der Waals surface area contributed by atoms with Crippen LogP contribution in [0.2, 0.25) is 0 Å². The van der Waals surface area contributed by atoms with E-state index in [9.17, 15) is 19.3 Å². The third-order valence-corrected chi connectivity index (χ3v) is 6.41. The van der Waals surface area contributed by atoms with Crippen molar-refractivity contribution in [1.82, 2.24) is 14.8 Å². The topological polar surface area (TPSA) is 118 Å². The van der Waals surface area contributed by atoms with Gasteiger partial charge in [-0.15, -0.1) is 0 Å². The molecular weight excluding hydrogens is 489 g/mol. The molecule has 0 fully saturated rings. The Kier molecular flexibility index (Phi) is 6.61. The van der Waals surface area contributed by atoms with E-state index in [1.807, 2.05) is 18.3 Å². The van der Waals surface area contributed by atoms with Gasteiger partial charge in [0.25, 0.3) is 11.2 Å². The number of rotatable bonds is 8. The SMILES string of the molecule is COc1ccc(-c2[nH]n(-c3ccc([N+](=O)[O-])cc3)c(=O)c2C(C)=NCCc2c[nH]c3ccc(F)cc23)cc1. The van der Waals surface area contributed by atoms with E-state index in [2.05, 4.69) is 15.1 Å². The van der Waals surface area contributed by atoms with Crippen molar-refractivity contribution in [3.05, 3.63) is 110 Å². The first-order valence-corrected chi connectivity index (χ1v) is 11.9. The lowest BCUT2D eigenvalue weighted by molar-refractivity contribution is -0.384. The lowest BCUT2D eigenvalue weighted by atomic mass is 10.0. The van der Waals surface area contributed by atoms with Gasteiger partial charge >= 0.3 is 0 Å². The summed E-state index contributed by atoms with van der Waals surface area (Å²) in [4.78, 5) is 32.0. The number of aromatic nitrogens is 3. The Bertz CT molecular complexity index is 1710. The highest BCUT2D eigenvalue weighted by molar-refractivity contribution is 6.03. The second-order valence-corrected chi connectivity index (χ2v) is 8.73. The third kappa shape index (κ3) is 4.71. The first-order valence-electron chi connectivity index (χ1n) is 11.9. The van der Waals surface area contributed by atoms with Gasteiger partial charge in [-0.1, -0.05) is 0 Å². The van der Waals surface area contributed by atoms with Crippen molar-refractivity contribution in [2.45, 2.75) is 13.3 Å². The summed E-state index contributed by atoms with van der Waals surface area (Å²) < 4.78 is 20.3. The van der Waals surface area contributed by atoms with Crippen LogP contribution in [0.15, 0.2) is 82.7 Å². The Morgan fingerprint density at radius 1 is 1.11 bits per heavy atom. The normalized spacial score (nSPS) is 11.7. The molecule has 0 saturated carbocycles. The predicted molar refractivity (Wildman–Crippen MR) is 144 cm³/mol. The number of nitrogens with zero attached hydrogens (tertiary/aromatic N) is 3. The third-order valence-electron chi connectivity index (χ3n) is 6.41. The standard InChI is InChI=1S/C28H24FN5O4/c1-17(30-14-13-19-16-31-25-12-5-20(29)15-24(19)25)26-27(18-3-10-23(38-2)11-4-18)32-33(28(26)35)21-6-8-22(9-7-21)34(36)37/h3-12,15-16,31-32H,13-14H2,1-2H3. The number of methoxy groups -OCH3 is 1. The van der Waals surface area contributed by atoms with Gasteiger partial charge in [0.05, 0.1) is 29.0 Å². The molecule has 0 atom stereocenters. The van der Waals surface area contributed by atoms with Crippen molar-refractivity contribution in [1.29, 1.82) is 0 Å². The number of benzene rings is 3. The number of aliphatic imine (C=N–C) groups is 1. The maximum Gasteiger partial charge on any atom is 0.280 e. The van der Waals surface area contributed by atoms with Crippen molar-refractivity contribution >= 4 is 22.3 Å². The number of nitro benzene ring substituents is 1. The highest BCUT2D eigenvalue weighted by Gasteiger charge is 2.20. The van der Waals surface area contributed by atoms with Crippen LogP contribution in [-0.2, 0) is 6.42 Å². The fraction of sp³-hybridized carbons (Fsp3) is 0.143. The molecule has 0 spiro atoms. The van der Waals surface area contributed by atoms with Crippen molar-refractivity contribution in [2.24, 2.45) is 4.99 Å². The number of fused-ring (bicyclic) bond motifs is 1. The second-order valence-electron chi connectivity index (χ2n) is 8.73. The molecule has 2 heterocycles. The van der Waals surface area contributed by atoms with Crippen LogP contribution < -0.4 is 10.3 Å². The Morgan fingerprint density at radius 2 is 1.84 bits per heavy atom. The van der Waals surface area contributed by atoms with Crippen molar-refractivity contribution in [3.8, 4) is 22.7 Å². The smallest absolute Gasteiger partial charge is 0.280 e. The summed E-state index contributed by atoms with van der Waals surface area (Å²) in [5.74, 6) is 0.370. The van der Waals surface area contributed by atoms with Crippen molar-refractivity contribution in [3.63, 3.8) is 0 Å². The molecule has 0 bridgehead atoms. The summed E-state index contributed by atoms with van der Waals surface area (Å²) in [5, 5.41) is 15.0. The largest absolute Gasteiger partial charge is 0.497 e. The molecular formula is C28H24FN5O4. The maximum absolute atomic E-state index is 13.7. The molecule has 0 saturated heterocycles. The second kappa shape index (κ2) is 10.2. The van der Waals surface area contributed by atoms with Crippen LogP contribution in [0.1, 0.15) is 18.1 Å². The van der Waals surface area contributed by atoms with E-state index in [-0.39, 0.29) is 17.1 Å². The zero-order valence-corrected chi connectivity index (χ0v) is 20.7. The molecule has 2 N–H and O–H groups in total. The monoisotopic (exact) mass is 513 g/mol. The van der Waals surface area contributed by atoms with Crippen molar-refractivity contribution < 1.29 is 14.1 Å². The molecule has 0 aliphatic heterocycles. The van der Waals surface area contributed by atoms with Crippen LogP contribution in [0.4, 0.5) is 10.1 Å². The van der Waals surface area contributed by atoms with E-state index in [1.54, 1.807) is 32.2 Å². The van der Waals surface area contributed by atoms with Gasteiger partial charge in [0.2, 0.25) is 0 Å². The van der Waals surface area contributed by atoms with Crippen LogP contribution in [0.25, 0.3) is 27.8 Å². The van der Waals surface area contributed by atoms with Crippen LogP contribution >= 0.6 is 0 Å². The number of nitrogens with one attached hydrogen (secondary N) is 2. The van der Waals surface area contributed by atoms with E-state index >= 15 is 0 Å². The van der Waals surface area contributed by atoms with Gasteiger partial charge < -0.3 is 9.72 Å². The van der Waals surface area contributed by atoms with Crippen LogP contribution in [0.3, 0.4) is 0 Å². The van der Waals surface area contributed by atoms with Gasteiger partial charge in [0.1, 0.15) is 11.6 Å². The number of aromatic amines is 2. The van der Waals surface area contributed by atoms with Gasteiger partial charge in [-0.05, 0) is 73.5 Å². The summed E-state index contributed by atoms with van der Waals surface area (Å²) in [6.07, 6.45) is 2.40. The van der Waals surface area contributed by atoms with Gasteiger partial charge in [0.15, 0.2) is 0 Å². The molecule has 0 unspecified atom stereocenters. The van der Waals surface area contributed by atoms with Gasteiger partial charge in [-0.3, -0.25) is 25.0 Å². The van der Waals surface area contributed by atoms with E-state index in [0.717, 1.165) is 22.0 Å². The number of ether oxygens (including phenoxy) is 1. The number of hydrogen-bond acceptors (Lipinski definition) is 5. The molecule has 0 amide bonds. The fourth-order valence-corrected chi connectivity index (χ4v) is 4.43. The number of H-pyrrole nitrogens is 2. The van der Waals surface area contributed by atoms with E-state index < -0.39 is 4.92 Å². The van der Waals surface area contributed by atoms with E-state index in [4.69, 9.17) is 4.74 Å². The molecule has 38 heavy (non-hydrogen) atoms. The number of non-ortho nitro benzene ring substituents is 1. The molecule has 0 aliphatic carbocycles. The number of halogens is 1. The minimum absolute atomic E-state index is 0.0705. The maximum atomic E-state index is 13.7. The Labute approximate surface area is 216 Å².